The fourth-order valence-corrected chi connectivity index (χ4v) is 5.01. The van der Waals surface area contributed by atoms with Gasteiger partial charge in [0.25, 0.3) is 0 Å². The summed E-state index contributed by atoms with van der Waals surface area (Å²) in [6, 6.07) is 7.01. The Morgan fingerprint density at radius 3 is 2.50 bits per heavy atom. The second-order valence-electron chi connectivity index (χ2n) is 7.47. The SMILES string of the molecule is Cc1ccsc1CCN1CC2CC1CN2C(=O)Nc1ccc(C(F)(F)F)cc1. The largest absolute Gasteiger partial charge is 0.416 e. The zero-order valence-electron chi connectivity index (χ0n) is 15.5. The summed E-state index contributed by atoms with van der Waals surface area (Å²) in [7, 11) is 0. The smallest absolute Gasteiger partial charge is 0.319 e. The zero-order chi connectivity index (χ0) is 19.9. The lowest BCUT2D eigenvalue weighted by atomic mass is 10.2. The number of amides is 2. The maximum Gasteiger partial charge on any atom is 0.416 e. The summed E-state index contributed by atoms with van der Waals surface area (Å²) in [6.45, 7) is 4.66. The molecule has 2 bridgehead atoms. The Labute approximate surface area is 165 Å². The second-order valence-corrected chi connectivity index (χ2v) is 8.47. The maximum absolute atomic E-state index is 12.6. The van der Waals surface area contributed by atoms with Crippen LogP contribution in [0.5, 0.6) is 0 Å². The van der Waals surface area contributed by atoms with Crippen LogP contribution >= 0.6 is 11.3 Å². The van der Waals surface area contributed by atoms with Gasteiger partial charge in [-0.2, -0.15) is 13.2 Å². The number of carbonyl (C=O) groups is 1. The topological polar surface area (TPSA) is 35.6 Å². The Hall–Kier alpha value is -2.06. The fourth-order valence-electron chi connectivity index (χ4n) is 4.12. The molecule has 28 heavy (non-hydrogen) atoms. The number of nitrogens with zero attached hydrogens (tertiary/aromatic N) is 2. The Morgan fingerprint density at radius 1 is 1.18 bits per heavy atom. The standard InChI is InChI=1S/C20H22F3N3OS/c1-13-7-9-28-18(13)6-8-25-11-17-10-16(25)12-26(17)19(27)24-15-4-2-14(3-5-15)20(21,22)23/h2-5,7,9,16-17H,6,8,10-12H2,1H3,(H,24,27). The van der Waals surface area contributed by atoms with Crippen molar-refractivity contribution in [2.45, 2.75) is 38.0 Å². The number of rotatable bonds is 4. The maximum atomic E-state index is 12.6. The first kappa shape index (κ1) is 19.3. The summed E-state index contributed by atoms with van der Waals surface area (Å²) in [5, 5.41) is 4.85. The average Bonchev–Trinajstić information content (AvgIpc) is 3.35. The predicted molar refractivity (Wildman–Crippen MR) is 104 cm³/mol. The molecule has 0 radical (unpaired) electrons. The average molecular weight is 409 g/mol. The molecule has 8 heteroatoms. The van der Waals surface area contributed by atoms with Crippen molar-refractivity contribution in [1.82, 2.24) is 9.80 Å². The minimum Gasteiger partial charge on any atom is -0.319 e. The molecule has 2 saturated heterocycles. The van der Waals surface area contributed by atoms with Crippen LogP contribution in [0.3, 0.4) is 0 Å². The fraction of sp³-hybridized carbons (Fsp3) is 0.450. The lowest BCUT2D eigenvalue weighted by Crippen LogP contribution is -2.50. The van der Waals surface area contributed by atoms with Crippen molar-refractivity contribution >= 4 is 23.1 Å². The van der Waals surface area contributed by atoms with Gasteiger partial charge in [0, 0.05) is 42.3 Å². The molecule has 2 amide bonds. The van der Waals surface area contributed by atoms with Crippen LogP contribution in [0.15, 0.2) is 35.7 Å². The van der Waals surface area contributed by atoms with Crippen molar-refractivity contribution in [3.05, 3.63) is 51.7 Å². The van der Waals surface area contributed by atoms with Gasteiger partial charge < -0.3 is 10.2 Å². The van der Waals surface area contributed by atoms with Crippen LogP contribution in [0.1, 0.15) is 22.4 Å². The van der Waals surface area contributed by atoms with Gasteiger partial charge in [0.15, 0.2) is 0 Å². The van der Waals surface area contributed by atoms with E-state index in [9.17, 15) is 18.0 Å². The van der Waals surface area contributed by atoms with E-state index in [0.717, 1.165) is 38.1 Å². The molecule has 4 rings (SSSR count). The number of likely N-dealkylation sites (tertiary alicyclic amines) is 2. The molecule has 1 aromatic carbocycles. The van der Waals surface area contributed by atoms with Crippen LogP contribution in [0.4, 0.5) is 23.7 Å². The van der Waals surface area contributed by atoms with Crippen LogP contribution in [0, 0.1) is 6.92 Å². The van der Waals surface area contributed by atoms with Gasteiger partial charge in [-0.05, 0) is 61.0 Å². The number of thiophene rings is 1. The van der Waals surface area contributed by atoms with Crippen LogP contribution in [0.2, 0.25) is 0 Å². The van der Waals surface area contributed by atoms with Crippen LogP contribution in [-0.4, -0.2) is 47.5 Å². The number of aryl methyl sites for hydroxylation is 1. The number of fused-ring (bicyclic) bond motifs is 2. The van der Waals surface area contributed by atoms with Gasteiger partial charge in [-0.25, -0.2) is 4.79 Å². The number of benzene rings is 1. The first-order chi connectivity index (χ1) is 13.3. The van der Waals surface area contributed by atoms with E-state index >= 15 is 0 Å². The van der Waals surface area contributed by atoms with Crippen molar-refractivity contribution in [2.75, 3.05) is 25.0 Å². The molecule has 2 fully saturated rings. The molecular formula is C20H22F3N3OS. The van der Waals surface area contributed by atoms with Gasteiger partial charge >= 0.3 is 12.2 Å². The summed E-state index contributed by atoms with van der Waals surface area (Å²) >= 11 is 1.79. The number of hydrogen-bond acceptors (Lipinski definition) is 3. The Bertz CT molecular complexity index is 849. The van der Waals surface area contributed by atoms with Crippen LogP contribution in [-0.2, 0) is 12.6 Å². The lowest BCUT2D eigenvalue weighted by molar-refractivity contribution is -0.137. The summed E-state index contributed by atoms with van der Waals surface area (Å²) in [6.07, 6.45) is -2.38. The van der Waals surface area contributed by atoms with E-state index in [1.165, 1.54) is 22.6 Å². The molecule has 4 nitrogen and oxygen atoms in total. The highest BCUT2D eigenvalue weighted by Crippen LogP contribution is 2.32. The molecule has 0 saturated carbocycles. The summed E-state index contributed by atoms with van der Waals surface area (Å²) in [5.41, 5.74) is 1.00. The zero-order valence-corrected chi connectivity index (χ0v) is 16.3. The minimum atomic E-state index is -4.37. The molecule has 1 aromatic heterocycles. The Morgan fingerprint density at radius 2 is 1.93 bits per heavy atom. The molecule has 0 aliphatic carbocycles. The first-order valence-corrected chi connectivity index (χ1v) is 10.2. The third-order valence-electron chi connectivity index (χ3n) is 5.67. The molecule has 1 N–H and O–H groups in total. The summed E-state index contributed by atoms with van der Waals surface area (Å²) < 4.78 is 37.9. The molecule has 2 aromatic rings. The van der Waals surface area contributed by atoms with E-state index in [0.29, 0.717) is 18.3 Å². The molecule has 0 spiro atoms. The predicted octanol–water partition coefficient (Wildman–Crippen LogP) is 4.61. The molecule has 2 atom stereocenters. The van der Waals surface area contributed by atoms with Crippen molar-refractivity contribution in [3.8, 4) is 0 Å². The van der Waals surface area contributed by atoms with E-state index in [2.05, 4.69) is 28.6 Å². The number of alkyl halides is 3. The molecule has 2 aliphatic heterocycles. The Balaban J connectivity index is 1.30. The van der Waals surface area contributed by atoms with Crippen LogP contribution in [0.25, 0.3) is 0 Å². The number of nitrogens with one attached hydrogen (secondary N) is 1. The van der Waals surface area contributed by atoms with E-state index in [1.54, 1.807) is 11.3 Å². The monoisotopic (exact) mass is 409 g/mol. The number of halogens is 3. The highest BCUT2D eigenvalue weighted by Gasteiger charge is 2.45. The number of piperazine rings is 1. The molecule has 3 heterocycles. The molecule has 2 unspecified atom stereocenters. The van der Waals surface area contributed by atoms with E-state index < -0.39 is 11.7 Å². The van der Waals surface area contributed by atoms with E-state index in [-0.39, 0.29) is 12.1 Å². The van der Waals surface area contributed by atoms with Crippen molar-refractivity contribution in [2.24, 2.45) is 0 Å². The van der Waals surface area contributed by atoms with Crippen molar-refractivity contribution in [1.29, 1.82) is 0 Å². The van der Waals surface area contributed by atoms with Crippen LogP contribution < -0.4 is 5.32 Å². The Kier molecular flexibility index (Phi) is 5.09. The normalized spacial score (nSPS) is 22.1. The van der Waals surface area contributed by atoms with Gasteiger partial charge in [-0.1, -0.05) is 0 Å². The highest BCUT2D eigenvalue weighted by atomic mass is 32.1. The number of carbonyl (C=O) groups excluding carboxylic acids is 1. The second kappa shape index (κ2) is 7.40. The lowest BCUT2D eigenvalue weighted by Gasteiger charge is -2.34. The molecular weight excluding hydrogens is 387 g/mol. The van der Waals surface area contributed by atoms with E-state index in [1.807, 2.05) is 4.90 Å². The van der Waals surface area contributed by atoms with Gasteiger partial charge in [0.2, 0.25) is 0 Å². The summed E-state index contributed by atoms with van der Waals surface area (Å²) in [4.78, 5) is 18.2. The molecule has 2 aliphatic rings. The highest BCUT2D eigenvalue weighted by molar-refractivity contribution is 7.10. The first-order valence-electron chi connectivity index (χ1n) is 9.33. The van der Waals surface area contributed by atoms with Gasteiger partial charge in [-0.15, -0.1) is 11.3 Å². The third-order valence-corrected chi connectivity index (χ3v) is 6.76. The molecule has 150 valence electrons. The summed E-state index contributed by atoms with van der Waals surface area (Å²) in [5.74, 6) is 0. The van der Waals surface area contributed by atoms with Gasteiger partial charge in [0.05, 0.1) is 5.56 Å². The number of urea groups is 1. The van der Waals surface area contributed by atoms with E-state index in [4.69, 9.17) is 0 Å². The minimum absolute atomic E-state index is 0.170. The van der Waals surface area contributed by atoms with Gasteiger partial charge in [-0.3, -0.25) is 4.90 Å². The van der Waals surface area contributed by atoms with Gasteiger partial charge in [0.1, 0.15) is 0 Å². The third kappa shape index (κ3) is 3.89. The quantitative estimate of drug-likeness (QED) is 0.801. The number of anilines is 1. The van der Waals surface area contributed by atoms with Crippen molar-refractivity contribution in [3.63, 3.8) is 0 Å². The number of hydrogen-bond donors (Lipinski definition) is 1. The van der Waals surface area contributed by atoms with Crippen molar-refractivity contribution < 1.29 is 18.0 Å².